The molecule has 0 heterocycles. The summed E-state index contributed by atoms with van der Waals surface area (Å²) in [6.45, 7) is 0.460. The van der Waals surface area contributed by atoms with Gasteiger partial charge in [0.15, 0.2) is 5.79 Å². The van der Waals surface area contributed by atoms with Gasteiger partial charge in [-0.3, -0.25) is 0 Å². The van der Waals surface area contributed by atoms with Gasteiger partial charge in [-0.15, -0.1) is 0 Å². The Kier molecular flexibility index (Phi) is 2.66. The van der Waals surface area contributed by atoms with Crippen LogP contribution in [0.15, 0.2) is 42.5 Å². The zero-order valence-electron chi connectivity index (χ0n) is 8.02. The van der Waals surface area contributed by atoms with Crippen LogP contribution in [0, 0.1) is 0 Å². The van der Waals surface area contributed by atoms with Crippen molar-refractivity contribution in [3.8, 4) is 0 Å². The monoisotopic (exact) mass is 190 g/mol. The Bertz CT molecular complexity index is 318. The van der Waals surface area contributed by atoms with Crippen molar-refractivity contribution in [1.82, 2.24) is 0 Å². The molecule has 0 amide bonds. The van der Waals surface area contributed by atoms with Crippen molar-refractivity contribution in [2.24, 2.45) is 0 Å². The maximum absolute atomic E-state index is 9.84. The predicted octanol–water partition coefficient (Wildman–Crippen LogP) is 2.24. The second-order valence-corrected chi connectivity index (χ2v) is 3.56. The predicted molar refractivity (Wildman–Crippen MR) is 54.6 cm³/mol. The van der Waals surface area contributed by atoms with Crippen LogP contribution in [0.25, 0.3) is 0 Å². The van der Waals surface area contributed by atoms with E-state index in [2.05, 4.69) is 0 Å². The fraction of sp³-hybridized carbons (Fsp3) is 0.333. The fourth-order valence-electron chi connectivity index (χ4n) is 1.54. The van der Waals surface area contributed by atoms with Gasteiger partial charge in [0, 0.05) is 6.42 Å². The maximum Gasteiger partial charge on any atom is 0.185 e. The van der Waals surface area contributed by atoms with Gasteiger partial charge in [-0.1, -0.05) is 36.4 Å². The largest absolute Gasteiger partial charge is 0.362 e. The molecule has 1 N–H and O–H groups in total. The first-order valence-corrected chi connectivity index (χ1v) is 4.86. The first-order chi connectivity index (χ1) is 6.79. The van der Waals surface area contributed by atoms with Gasteiger partial charge in [0.05, 0.1) is 6.61 Å². The Morgan fingerprint density at radius 3 is 2.71 bits per heavy atom. The minimum atomic E-state index is -1.03. The summed E-state index contributed by atoms with van der Waals surface area (Å²) in [7, 11) is 0. The van der Waals surface area contributed by atoms with Crippen molar-refractivity contribution in [2.45, 2.75) is 25.2 Å². The van der Waals surface area contributed by atoms with Gasteiger partial charge in [-0.2, -0.15) is 0 Å². The second kappa shape index (κ2) is 3.95. The molecular formula is C12H14O2. The van der Waals surface area contributed by atoms with Crippen molar-refractivity contribution in [2.75, 3.05) is 0 Å². The lowest BCUT2D eigenvalue weighted by molar-refractivity contribution is -0.173. The number of benzene rings is 1. The zero-order chi connectivity index (χ0) is 9.86. The molecular weight excluding hydrogens is 176 g/mol. The summed E-state index contributed by atoms with van der Waals surface area (Å²) in [6.07, 6.45) is 5.24. The number of aliphatic hydroxyl groups is 1. The standard InChI is InChI=1S/C12H14O2/c13-12(8-4-5-9-12)14-10-11-6-2-1-3-7-11/h1-4,6-8,13H,5,9-10H2/t12-/m0/s1. The summed E-state index contributed by atoms with van der Waals surface area (Å²) < 4.78 is 5.45. The summed E-state index contributed by atoms with van der Waals surface area (Å²) >= 11 is 0. The van der Waals surface area contributed by atoms with Crippen LogP contribution in [-0.4, -0.2) is 10.9 Å². The van der Waals surface area contributed by atoms with Crippen LogP contribution in [0.1, 0.15) is 18.4 Å². The SMILES string of the molecule is O[C@]1(OCc2ccccc2)C=CCC1. The van der Waals surface area contributed by atoms with E-state index in [0.717, 1.165) is 12.0 Å². The summed E-state index contributed by atoms with van der Waals surface area (Å²) in [6, 6.07) is 9.87. The Labute approximate surface area is 83.8 Å². The quantitative estimate of drug-likeness (QED) is 0.585. The Balaban J connectivity index is 1.91. The van der Waals surface area contributed by atoms with Crippen molar-refractivity contribution in [3.63, 3.8) is 0 Å². The van der Waals surface area contributed by atoms with E-state index in [1.165, 1.54) is 0 Å². The molecule has 0 fully saturated rings. The average molecular weight is 190 g/mol. The molecule has 2 nitrogen and oxygen atoms in total. The fourth-order valence-corrected chi connectivity index (χ4v) is 1.54. The van der Waals surface area contributed by atoms with E-state index in [0.29, 0.717) is 13.0 Å². The van der Waals surface area contributed by atoms with Crippen LogP contribution in [0.4, 0.5) is 0 Å². The number of hydrogen-bond acceptors (Lipinski definition) is 2. The molecule has 2 heteroatoms. The maximum atomic E-state index is 9.84. The molecule has 1 atom stereocenters. The lowest BCUT2D eigenvalue weighted by atomic mass is 10.2. The van der Waals surface area contributed by atoms with E-state index >= 15 is 0 Å². The molecule has 0 unspecified atom stereocenters. The number of rotatable bonds is 3. The summed E-state index contributed by atoms with van der Waals surface area (Å²) in [5, 5.41) is 9.84. The number of ether oxygens (including phenoxy) is 1. The minimum absolute atomic E-state index is 0.460. The molecule has 1 aromatic rings. The molecule has 14 heavy (non-hydrogen) atoms. The Morgan fingerprint density at radius 2 is 2.07 bits per heavy atom. The van der Waals surface area contributed by atoms with Crippen molar-refractivity contribution < 1.29 is 9.84 Å². The number of allylic oxidation sites excluding steroid dienone is 1. The topological polar surface area (TPSA) is 29.5 Å². The first kappa shape index (κ1) is 9.44. The van der Waals surface area contributed by atoms with Gasteiger partial charge < -0.3 is 9.84 Å². The lowest BCUT2D eigenvalue weighted by Crippen LogP contribution is -2.26. The Hall–Kier alpha value is -1.12. The molecule has 0 aromatic heterocycles. The third kappa shape index (κ3) is 2.22. The Morgan fingerprint density at radius 1 is 1.29 bits per heavy atom. The van der Waals surface area contributed by atoms with Gasteiger partial charge >= 0.3 is 0 Å². The van der Waals surface area contributed by atoms with E-state index in [9.17, 15) is 5.11 Å². The third-order valence-corrected chi connectivity index (χ3v) is 2.38. The van der Waals surface area contributed by atoms with Crippen LogP contribution in [0.5, 0.6) is 0 Å². The van der Waals surface area contributed by atoms with Gasteiger partial charge in [0.2, 0.25) is 0 Å². The highest BCUT2D eigenvalue weighted by atomic mass is 16.6. The highest BCUT2D eigenvalue weighted by Gasteiger charge is 2.26. The van der Waals surface area contributed by atoms with E-state index in [-0.39, 0.29) is 0 Å². The molecule has 0 aliphatic heterocycles. The molecule has 1 aliphatic rings. The minimum Gasteiger partial charge on any atom is -0.362 e. The molecule has 74 valence electrons. The van der Waals surface area contributed by atoms with Crippen LogP contribution in [0.2, 0.25) is 0 Å². The van der Waals surface area contributed by atoms with Crippen molar-refractivity contribution in [3.05, 3.63) is 48.0 Å². The van der Waals surface area contributed by atoms with Crippen LogP contribution >= 0.6 is 0 Å². The van der Waals surface area contributed by atoms with E-state index in [4.69, 9.17) is 4.74 Å². The van der Waals surface area contributed by atoms with E-state index in [1.54, 1.807) is 6.08 Å². The van der Waals surface area contributed by atoms with Gasteiger partial charge in [0.1, 0.15) is 0 Å². The van der Waals surface area contributed by atoms with Crippen LogP contribution in [-0.2, 0) is 11.3 Å². The van der Waals surface area contributed by atoms with E-state index < -0.39 is 5.79 Å². The first-order valence-electron chi connectivity index (χ1n) is 4.86. The van der Waals surface area contributed by atoms with Crippen molar-refractivity contribution >= 4 is 0 Å². The zero-order valence-corrected chi connectivity index (χ0v) is 8.02. The molecule has 0 saturated carbocycles. The normalized spacial score (nSPS) is 25.5. The molecule has 0 bridgehead atoms. The highest BCUT2D eigenvalue weighted by Crippen LogP contribution is 2.24. The van der Waals surface area contributed by atoms with Crippen LogP contribution < -0.4 is 0 Å². The number of hydrogen-bond donors (Lipinski definition) is 1. The van der Waals surface area contributed by atoms with E-state index in [1.807, 2.05) is 36.4 Å². The molecule has 0 spiro atoms. The van der Waals surface area contributed by atoms with Gasteiger partial charge in [-0.25, -0.2) is 0 Å². The summed E-state index contributed by atoms with van der Waals surface area (Å²) in [4.78, 5) is 0. The van der Waals surface area contributed by atoms with Gasteiger partial charge in [-0.05, 0) is 18.1 Å². The molecule has 1 aliphatic carbocycles. The lowest BCUT2D eigenvalue weighted by Gasteiger charge is -2.20. The third-order valence-electron chi connectivity index (χ3n) is 2.38. The second-order valence-electron chi connectivity index (χ2n) is 3.56. The van der Waals surface area contributed by atoms with Gasteiger partial charge in [0.25, 0.3) is 0 Å². The molecule has 0 radical (unpaired) electrons. The van der Waals surface area contributed by atoms with Crippen LogP contribution in [0.3, 0.4) is 0 Å². The summed E-state index contributed by atoms with van der Waals surface area (Å²) in [5.41, 5.74) is 1.08. The average Bonchev–Trinajstić information content (AvgIpc) is 2.65. The smallest absolute Gasteiger partial charge is 0.185 e. The summed E-state index contributed by atoms with van der Waals surface area (Å²) in [5.74, 6) is -1.03. The molecule has 0 saturated heterocycles. The molecule has 1 aromatic carbocycles. The highest BCUT2D eigenvalue weighted by molar-refractivity contribution is 5.14. The van der Waals surface area contributed by atoms with Crippen molar-refractivity contribution in [1.29, 1.82) is 0 Å². The molecule has 2 rings (SSSR count).